The summed E-state index contributed by atoms with van der Waals surface area (Å²) >= 11 is 0. The highest BCUT2D eigenvalue weighted by Crippen LogP contribution is 2.28. The van der Waals surface area contributed by atoms with Crippen LogP contribution in [0.3, 0.4) is 0 Å². The minimum absolute atomic E-state index is 0.453. The fraction of sp³-hybridized carbons (Fsp3) is 0.440. The maximum absolute atomic E-state index is 4.80. The largest absolute Gasteiger partial charge is 0.362 e. The van der Waals surface area contributed by atoms with Crippen LogP contribution in [-0.2, 0) is 6.54 Å². The maximum Gasteiger partial charge on any atom is 0.225 e. The highest BCUT2D eigenvalue weighted by atomic mass is 15.2. The quantitative estimate of drug-likeness (QED) is 0.595. The number of hydrogen-bond acceptors (Lipinski definition) is 5. The highest BCUT2D eigenvalue weighted by molar-refractivity contribution is 5.90. The van der Waals surface area contributed by atoms with Crippen LogP contribution in [0.1, 0.15) is 36.8 Å². The van der Waals surface area contributed by atoms with E-state index < -0.39 is 0 Å². The second kappa shape index (κ2) is 9.43. The zero-order chi connectivity index (χ0) is 20.9. The Balaban J connectivity index is 1.29. The second-order valence-electron chi connectivity index (χ2n) is 8.76. The van der Waals surface area contributed by atoms with E-state index in [4.69, 9.17) is 9.97 Å². The van der Waals surface area contributed by atoms with E-state index in [1.165, 1.54) is 36.8 Å². The van der Waals surface area contributed by atoms with Crippen LogP contribution in [0.4, 0.5) is 11.8 Å². The van der Waals surface area contributed by atoms with Gasteiger partial charge in [0.1, 0.15) is 5.82 Å². The van der Waals surface area contributed by atoms with E-state index in [9.17, 15) is 0 Å². The number of aromatic nitrogens is 2. The molecule has 0 amide bonds. The van der Waals surface area contributed by atoms with Gasteiger partial charge in [0.2, 0.25) is 5.95 Å². The molecule has 3 aromatic rings. The summed E-state index contributed by atoms with van der Waals surface area (Å²) in [7, 11) is 4.07. The monoisotopic (exact) mass is 403 g/mol. The number of rotatable bonds is 7. The van der Waals surface area contributed by atoms with E-state index in [0.29, 0.717) is 6.04 Å². The Morgan fingerprint density at radius 2 is 1.77 bits per heavy atom. The molecule has 1 heterocycles. The minimum Gasteiger partial charge on any atom is -0.362 e. The third kappa shape index (κ3) is 5.08. The van der Waals surface area contributed by atoms with Crippen molar-refractivity contribution in [1.82, 2.24) is 15.3 Å². The van der Waals surface area contributed by atoms with Gasteiger partial charge in [0, 0.05) is 32.1 Å². The highest BCUT2D eigenvalue weighted by Gasteiger charge is 2.22. The Labute approximate surface area is 179 Å². The summed E-state index contributed by atoms with van der Waals surface area (Å²) in [6.07, 6.45) is 4.83. The molecule has 0 unspecified atom stereocenters. The number of hydrogen-bond donors (Lipinski definition) is 2. The Morgan fingerprint density at radius 1 is 0.967 bits per heavy atom. The van der Waals surface area contributed by atoms with Gasteiger partial charge in [-0.15, -0.1) is 0 Å². The fourth-order valence-corrected chi connectivity index (χ4v) is 4.40. The molecule has 1 aliphatic carbocycles. The number of aryl methyl sites for hydroxylation is 1. The fourth-order valence-electron chi connectivity index (χ4n) is 4.40. The SMILES string of the molecule is Cc1cccc(CNC[C@H]2CC[C@@H](Nc3nc(N(C)C)c4ccccc4n3)CC2)c1. The van der Waals surface area contributed by atoms with Crippen molar-refractivity contribution in [3.63, 3.8) is 0 Å². The molecule has 4 rings (SSSR count). The Kier molecular flexibility index (Phi) is 6.48. The van der Waals surface area contributed by atoms with Crippen LogP contribution in [0.2, 0.25) is 0 Å². The van der Waals surface area contributed by atoms with Gasteiger partial charge in [-0.2, -0.15) is 4.98 Å². The van der Waals surface area contributed by atoms with Gasteiger partial charge >= 0.3 is 0 Å². The van der Waals surface area contributed by atoms with Crippen LogP contribution < -0.4 is 15.5 Å². The molecule has 158 valence electrons. The van der Waals surface area contributed by atoms with Crippen molar-refractivity contribution < 1.29 is 0 Å². The van der Waals surface area contributed by atoms with Crippen molar-refractivity contribution in [3.05, 3.63) is 59.7 Å². The first-order valence-corrected chi connectivity index (χ1v) is 11.1. The summed E-state index contributed by atoms with van der Waals surface area (Å²) in [4.78, 5) is 11.6. The van der Waals surface area contributed by atoms with Gasteiger partial charge in [-0.1, -0.05) is 42.0 Å². The number of benzene rings is 2. The summed E-state index contributed by atoms with van der Waals surface area (Å²) in [6, 6.07) is 17.4. The maximum atomic E-state index is 4.80. The molecule has 1 aliphatic rings. The first-order chi connectivity index (χ1) is 14.6. The Morgan fingerprint density at radius 3 is 2.53 bits per heavy atom. The lowest BCUT2D eigenvalue weighted by atomic mass is 9.86. The van der Waals surface area contributed by atoms with Gasteiger partial charge in [-0.05, 0) is 62.8 Å². The molecule has 0 atom stereocenters. The van der Waals surface area contributed by atoms with Crippen molar-refractivity contribution in [2.75, 3.05) is 30.9 Å². The zero-order valence-corrected chi connectivity index (χ0v) is 18.4. The van der Waals surface area contributed by atoms with Crippen LogP contribution in [-0.4, -0.2) is 36.6 Å². The van der Waals surface area contributed by atoms with Crippen LogP contribution in [0.15, 0.2) is 48.5 Å². The van der Waals surface area contributed by atoms with E-state index in [1.54, 1.807) is 0 Å². The number of anilines is 2. The zero-order valence-electron chi connectivity index (χ0n) is 18.4. The molecule has 2 aromatic carbocycles. The number of fused-ring (bicyclic) bond motifs is 1. The molecule has 1 fully saturated rings. The van der Waals surface area contributed by atoms with Gasteiger partial charge in [0.05, 0.1) is 5.52 Å². The van der Waals surface area contributed by atoms with E-state index in [2.05, 4.69) is 58.9 Å². The lowest BCUT2D eigenvalue weighted by Gasteiger charge is -2.29. The number of nitrogens with one attached hydrogen (secondary N) is 2. The molecule has 0 bridgehead atoms. The molecular formula is C25H33N5. The van der Waals surface area contributed by atoms with Crippen LogP contribution in [0.5, 0.6) is 0 Å². The summed E-state index contributed by atoms with van der Waals surface area (Å²) in [5, 5.41) is 8.35. The lowest BCUT2D eigenvalue weighted by molar-refractivity contribution is 0.324. The number of para-hydroxylation sites is 1. The Hall–Kier alpha value is -2.66. The first-order valence-electron chi connectivity index (χ1n) is 11.1. The average molecular weight is 404 g/mol. The van der Waals surface area contributed by atoms with Gasteiger partial charge in [-0.3, -0.25) is 0 Å². The second-order valence-corrected chi connectivity index (χ2v) is 8.76. The molecule has 30 heavy (non-hydrogen) atoms. The predicted molar refractivity (Wildman–Crippen MR) is 126 cm³/mol. The Bertz CT molecular complexity index is 976. The minimum atomic E-state index is 0.453. The van der Waals surface area contributed by atoms with Crippen molar-refractivity contribution >= 4 is 22.7 Å². The summed E-state index contributed by atoms with van der Waals surface area (Å²) in [5.41, 5.74) is 3.69. The summed E-state index contributed by atoms with van der Waals surface area (Å²) < 4.78 is 0. The van der Waals surface area contributed by atoms with E-state index in [1.807, 2.05) is 26.2 Å². The molecule has 0 spiro atoms. The van der Waals surface area contributed by atoms with Crippen molar-refractivity contribution in [2.45, 2.75) is 45.2 Å². The summed E-state index contributed by atoms with van der Waals surface area (Å²) in [6.45, 7) is 4.20. The van der Waals surface area contributed by atoms with E-state index in [-0.39, 0.29) is 0 Å². The van der Waals surface area contributed by atoms with Crippen molar-refractivity contribution in [2.24, 2.45) is 5.92 Å². The molecule has 0 saturated heterocycles. The first kappa shape index (κ1) is 20.6. The molecule has 5 heteroatoms. The molecule has 0 aliphatic heterocycles. The molecular weight excluding hydrogens is 370 g/mol. The van der Waals surface area contributed by atoms with Gasteiger partial charge in [-0.25, -0.2) is 4.98 Å². The smallest absolute Gasteiger partial charge is 0.225 e. The number of nitrogens with zero attached hydrogens (tertiary/aromatic N) is 3. The van der Waals surface area contributed by atoms with Gasteiger partial charge in [0.15, 0.2) is 0 Å². The topological polar surface area (TPSA) is 53.1 Å². The summed E-state index contributed by atoms with van der Waals surface area (Å²) in [5.74, 6) is 2.47. The van der Waals surface area contributed by atoms with Crippen molar-refractivity contribution in [3.8, 4) is 0 Å². The standard InChI is InChI=1S/C25H33N5/c1-18-7-6-8-20(15-18)17-26-16-19-11-13-21(14-12-19)27-25-28-23-10-5-4-9-22(23)24(29-25)30(2)3/h4-10,15,19,21,26H,11-14,16-17H2,1-3H3,(H,27,28,29)/t19-,21+. The third-order valence-corrected chi connectivity index (χ3v) is 6.03. The molecule has 1 aromatic heterocycles. The van der Waals surface area contributed by atoms with Crippen LogP contribution >= 0.6 is 0 Å². The molecule has 2 N–H and O–H groups in total. The molecule has 0 radical (unpaired) electrons. The van der Waals surface area contributed by atoms with E-state index >= 15 is 0 Å². The average Bonchev–Trinajstić information content (AvgIpc) is 2.74. The van der Waals surface area contributed by atoms with Gasteiger partial charge < -0.3 is 15.5 Å². The van der Waals surface area contributed by atoms with Crippen LogP contribution in [0, 0.1) is 12.8 Å². The molecule has 1 saturated carbocycles. The van der Waals surface area contributed by atoms with Crippen LogP contribution in [0.25, 0.3) is 10.9 Å². The predicted octanol–water partition coefficient (Wildman–Crippen LogP) is 4.76. The van der Waals surface area contributed by atoms with E-state index in [0.717, 1.165) is 41.7 Å². The lowest BCUT2D eigenvalue weighted by Crippen LogP contribution is -2.31. The van der Waals surface area contributed by atoms with Crippen molar-refractivity contribution in [1.29, 1.82) is 0 Å². The third-order valence-electron chi connectivity index (χ3n) is 6.03. The molecule has 5 nitrogen and oxygen atoms in total. The normalized spacial score (nSPS) is 19.0. The van der Waals surface area contributed by atoms with Gasteiger partial charge in [0.25, 0.3) is 0 Å².